The maximum Gasteiger partial charge on any atom is 0.255 e. The first kappa shape index (κ1) is 12.0. The molecule has 0 bridgehead atoms. The van der Waals surface area contributed by atoms with Gasteiger partial charge in [-0.3, -0.25) is 4.79 Å². The van der Waals surface area contributed by atoms with Gasteiger partial charge in [0.15, 0.2) is 0 Å². The molecule has 100 valence electrons. The van der Waals surface area contributed by atoms with Gasteiger partial charge in [-0.05, 0) is 18.4 Å². The SMILES string of the molecule is CN(C[C@@H]1CCc2nccn2C1)C(=O)c1cc[nH]c1. The molecule has 0 fully saturated rings. The first-order valence-corrected chi connectivity index (χ1v) is 6.62. The Morgan fingerprint density at radius 1 is 1.63 bits per heavy atom. The molecule has 2 aromatic heterocycles. The van der Waals surface area contributed by atoms with Crippen LogP contribution in [-0.2, 0) is 13.0 Å². The summed E-state index contributed by atoms with van der Waals surface area (Å²) in [6.07, 6.45) is 9.50. The summed E-state index contributed by atoms with van der Waals surface area (Å²) in [6.45, 7) is 1.75. The first-order valence-electron chi connectivity index (χ1n) is 6.62. The molecule has 3 rings (SSSR count). The fourth-order valence-corrected chi connectivity index (χ4v) is 2.73. The maximum absolute atomic E-state index is 12.2. The molecule has 0 radical (unpaired) electrons. The maximum atomic E-state index is 12.2. The average Bonchev–Trinajstić information content (AvgIpc) is 3.08. The summed E-state index contributed by atoms with van der Waals surface area (Å²) in [7, 11) is 1.87. The molecule has 0 saturated carbocycles. The zero-order chi connectivity index (χ0) is 13.2. The third kappa shape index (κ3) is 2.41. The Hall–Kier alpha value is -2.04. The molecule has 19 heavy (non-hydrogen) atoms. The van der Waals surface area contributed by atoms with Crippen molar-refractivity contribution in [2.24, 2.45) is 5.92 Å². The Balaban J connectivity index is 1.62. The summed E-state index contributed by atoms with van der Waals surface area (Å²) < 4.78 is 2.20. The molecule has 3 heterocycles. The average molecular weight is 258 g/mol. The number of amides is 1. The lowest BCUT2D eigenvalue weighted by atomic mass is 9.99. The van der Waals surface area contributed by atoms with Crippen molar-refractivity contribution in [3.63, 3.8) is 0 Å². The van der Waals surface area contributed by atoms with Crippen LogP contribution in [0.15, 0.2) is 30.9 Å². The summed E-state index contributed by atoms with van der Waals surface area (Å²) >= 11 is 0. The van der Waals surface area contributed by atoms with E-state index in [0.717, 1.165) is 37.3 Å². The van der Waals surface area contributed by atoms with E-state index in [1.54, 1.807) is 12.4 Å². The van der Waals surface area contributed by atoms with Crippen LogP contribution in [0.4, 0.5) is 0 Å². The number of aryl methyl sites for hydroxylation is 1. The second-order valence-electron chi connectivity index (χ2n) is 5.19. The zero-order valence-corrected chi connectivity index (χ0v) is 11.0. The van der Waals surface area contributed by atoms with Crippen molar-refractivity contribution in [1.29, 1.82) is 0 Å². The number of H-pyrrole nitrogens is 1. The smallest absolute Gasteiger partial charge is 0.255 e. The second kappa shape index (κ2) is 4.91. The van der Waals surface area contributed by atoms with Crippen molar-refractivity contribution in [3.8, 4) is 0 Å². The van der Waals surface area contributed by atoms with E-state index in [4.69, 9.17) is 0 Å². The molecule has 1 aliphatic heterocycles. The van der Waals surface area contributed by atoms with Gasteiger partial charge in [0, 0.05) is 51.3 Å². The van der Waals surface area contributed by atoms with E-state index in [2.05, 4.69) is 14.5 Å². The Morgan fingerprint density at radius 3 is 3.32 bits per heavy atom. The van der Waals surface area contributed by atoms with E-state index in [1.807, 2.05) is 30.4 Å². The molecule has 1 amide bonds. The molecule has 0 saturated heterocycles. The number of aromatic nitrogens is 3. The monoisotopic (exact) mass is 258 g/mol. The molecular formula is C14H18N4O. The number of fused-ring (bicyclic) bond motifs is 1. The Kier molecular flexibility index (Phi) is 3.11. The van der Waals surface area contributed by atoms with Crippen LogP contribution in [0.5, 0.6) is 0 Å². The molecule has 1 N–H and O–H groups in total. The van der Waals surface area contributed by atoms with E-state index in [9.17, 15) is 4.79 Å². The predicted molar refractivity (Wildman–Crippen MR) is 71.8 cm³/mol. The highest BCUT2D eigenvalue weighted by Gasteiger charge is 2.22. The van der Waals surface area contributed by atoms with E-state index in [1.165, 1.54) is 0 Å². The van der Waals surface area contributed by atoms with Crippen molar-refractivity contribution < 1.29 is 4.79 Å². The summed E-state index contributed by atoms with van der Waals surface area (Å²) in [6, 6.07) is 1.81. The number of aromatic amines is 1. The van der Waals surface area contributed by atoms with Crippen LogP contribution in [0, 0.1) is 5.92 Å². The minimum absolute atomic E-state index is 0.0812. The minimum Gasteiger partial charge on any atom is -0.367 e. The van der Waals surface area contributed by atoms with Gasteiger partial charge in [-0.25, -0.2) is 4.98 Å². The van der Waals surface area contributed by atoms with Gasteiger partial charge in [-0.1, -0.05) is 0 Å². The van der Waals surface area contributed by atoms with Crippen LogP contribution < -0.4 is 0 Å². The second-order valence-corrected chi connectivity index (χ2v) is 5.19. The highest BCUT2D eigenvalue weighted by Crippen LogP contribution is 2.19. The molecule has 0 aromatic carbocycles. The van der Waals surface area contributed by atoms with Crippen LogP contribution >= 0.6 is 0 Å². The molecule has 1 atom stereocenters. The van der Waals surface area contributed by atoms with E-state index in [-0.39, 0.29) is 5.91 Å². The van der Waals surface area contributed by atoms with E-state index >= 15 is 0 Å². The number of hydrogen-bond acceptors (Lipinski definition) is 2. The summed E-state index contributed by atoms with van der Waals surface area (Å²) in [5, 5.41) is 0. The number of rotatable bonds is 3. The minimum atomic E-state index is 0.0812. The zero-order valence-electron chi connectivity index (χ0n) is 11.0. The number of imidazole rings is 1. The first-order chi connectivity index (χ1) is 9.24. The largest absolute Gasteiger partial charge is 0.367 e. The van der Waals surface area contributed by atoms with Crippen molar-refractivity contribution in [1.82, 2.24) is 19.4 Å². The van der Waals surface area contributed by atoms with Crippen LogP contribution in [0.1, 0.15) is 22.6 Å². The molecular weight excluding hydrogens is 240 g/mol. The van der Waals surface area contributed by atoms with Crippen molar-refractivity contribution in [2.75, 3.05) is 13.6 Å². The van der Waals surface area contributed by atoms with Gasteiger partial charge < -0.3 is 14.5 Å². The molecule has 0 aliphatic carbocycles. The van der Waals surface area contributed by atoms with E-state index in [0.29, 0.717) is 5.92 Å². The van der Waals surface area contributed by atoms with Gasteiger partial charge in [0.2, 0.25) is 0 Å². The quantitative estimate of drug-likeness (QED) is 0.908. The highest BCUT2D eigenvalue weighted by atomic mass is 16.2. The summed E-state index contributed by atoms with van der Waals surface area (Å²) in [5.41, 5.74) is 0.724. The lowest BCUT2D eigenvalue weighted by Gasteiger charge is -2.28. The predicted octanol–water partition coefficient (Wildman–Crippen LogP) is 1.55. The van der Waals surface area contributed by atoms with Gasteiger partial charge in [-0.2, -0.15) is 0 Å². The number of nitrogens with one attached hydrogen (secondary N) is 1. The number of carbonyl (C=O) groups is 1. The molecule has 0 unspecified atom stereocenters. The highest BCUT2D eigenvalue weighted by molar-refractivity contribution is 5.93. The van der Waals surface area contributed by atoms with Crippen LogP contribution in [-0.4, -0.2) is 38.9 Å². The van der Waals surface area contributed by atoms with Crippen LogP contribution in [0.25, 0.3) is 0 Å². The van der Waals surface area contributed by atoms with E-state index < -0.39 is 0 Å². The molecule has 0 spiro atoms. The summed E-state index contributed by atoms with van der Waals surface area (Å²) in [5.74, 6) is 1.75. The van der Waals surface area contributed by atoms with Gasteiger partial charge in [0.1, 0.15) is 5.82 Å². The fourth-order valence-electron chi connectivity index (χ4n) is 2.73. The van der Waals surface area contributed by atoms with Gasteiger partial charge in [0.25, 0.3) is 5.91 Å². The molecule has 5 heteroatoms. The Morgan fingerprint density at radius 2 is 2.53 bits per heavy atom. The molecule has 5 nitrogen and oxygen atoms in total. The third-order valence-corrected chi connectivity index (χ3v) is 3.76. The van der Waals surface area contributed by atoms with Crippen LogP contribution in [0.3, 0.4) is 0 Å². The number of carbonyl (C=O) groups excluding carboxylic acids is 1. The van der Waals surface area contributed by atoms with Crippen LogP contribution in [0.2, 0.25) is 0 Å². The summed E-state index contributed by atoms with van der Waals surface area (Å²) in [4.78, 5) is 21.2. The van der Waals surface area contributed by atoms with Gasteiger partial charge in [0.05, 0.1) is 5.56 Å². The van der Waals surface area contributed by atoms with Crippen molar-refractivity contribution in [2.45, 2.75) is 19.4 Å². The molecule has 2 aromatic rings. The Bertz CT molecular complexity index is 558. The standard InChI is InChI=1S/C14H18N4O/c1-17(14(19)12-4-5-15-8-12)9-11-2-3-13-16-6-7-18(13)10-11/h4-8,11,15H,2-3,9-10H2,1H3/t11-/m0/s1. The fraction of sp³-hybridized carbons (Fsp3) is 0.429. The van der Waals surface area contributed by atoms with Gasteiger partial charge in [-0.15, -0.1) is 0 Å². The van der Waals surface area contributed by atoms with Crippen molar-refractivity contribution in [3.05, 3.63) is 42.2 Å². The number of hydrogen-bond donors (Lipinski definition) is 1. The lowest BCUT2D eigenvalue weighted by Crippen LogP contribution is -2.35. The van der Waals surface area contributed by atoms with Crippen molar-refractivity contribution >= 4 is 5.91 Å². The Labute approximate surface area is 112 Å². The number of nitrogens with zero attached hydrogens (tertiary/aromatic N) is 3. The van der Waals surface area contributed by atoms with Gasteiger partial charge >= 0.3 is 0 Å². The third-order valence-electron chi connectivity index (χ3n) is 3.76. The lowest BCUT2D eigenvalue weighted by molar-refractivity contribution is 0.0761. The normalized spacial score (nSPS) is 18.1. The topological polar surface area (TPSA) is 53.9 Å². The molecule has 1 aliphatic rings.